The van der Waals surface area contributed by atoms with Gasteiger partial charge in [0.2, 0.25) is 0 Å². The number of unbranched alkanes of at least 4 members (excludes halogenated alkanes) is 3. The summed E-state index contributed by atoms with van der Waals surface area (Å²) in [5, 5.41) is 0. The van der Waals surface area contributed by atoms with Crippen molar-refractivity contribution < 1.29 is 8.85 Å². The molecule has 0 saturated heterocycles. The first-order valence-electron chi connectivity index (χ1n) is 8.19. The van der Waals surface area contributed by atoms with Crippen molar-refractivity contribution in [3.05, 3.63) is 0 Å². The number of hydrogen-bond donors (Lipinski definition) is 0. The second-order valence-corrected chi connectivity index (χ2v) is 9.89. The Balaban J connectivity index is 3.68. The fraction of sp³-hybridized carbons (Fsp3) is 1.00. The Labute approximate surface area is 122 Å². The summed E-state index contributed by atoms with van der Waals surface area (Å²) < 4.78 is 12.1. The average Bonchev–Trinajstić information content (AvgIpc) is 2.29. The molecular formula is C16H36O2Si. The summed E-state index contributed by atoms with van der Waals surface area (Å²) in [6, 6.07) is 0. The summed E-state index contributed by atoms with van der Waals surface area (Å²) in [5.74, 6) is 0.770. The molecule has 116 valence electrons. The summed E-state index contributed by atoms with van der Waals surface area (Å²) >= 11 is 0. The molecular weight excluding hydrogens is 252 g/mol. The van der Waals surface area contributed by atoms with Gasteiger partial charge in [-0.25, -0.2) is 0 Å². The fourth-order valence-corrected chi connectivity index (χ4v) is 4.04. The van der Waals surface area contributed by atoms with Crippen LogP contribution in [-0.4, -0.2) is 21.3 Å². The molecule has 19 heavy (non-hydrogen) atoms. The molecule has 0 aliphatic heterocycles. The van der Waals surface area contributed by atoms with E-state index in [2.05, 4.69) is 40.8 Å². The van der Waals surface area contributed by atoms with E-state index in [1.54, 1.807) is 0 Å². The minimum absolute atomic E-state index is 0.351. The van der Waals surface area contributed by atoms with Gasteiger partial charge in [0, 0.05) is 12.7 Å². The van der Waals surface area contributed by atoms with Crippen molar-refractivity contribution in [3.63, 3.8) is 0 Å². The van der Waals surface area contributed by atoms with Crippen LogP contribution >= 0.6 is 0 Å². The van der Waals surface area contributed by atoms with Gasteiger partial charge < -0.3 is 8.85 Å². The largest absolute Gasteiger partial charge is 0.395 e. The van der Waals surface area contributed by atoms with Gasteiger partial charge in [0.05, 0.1) is 0 Å². The summed E-state index contributed by atoms with van der Waals surface area (Å²) in [6.07, 6.45) is 9.19. The van der Waals surface area contributed by atoms with E-state index >= 15 is 0 Å². The average molecular weight is 289 g/mol. The molecule has 0 aliphatic carbocycles. The summed E-state index contributed by atoms with van der Waals surface area (Å²) in [6.45, 7) is 14.2. The van der Waals surface area contributed by atoms with Gasteiger partial charge in [0.15, 0.2) is 0 Å². The zero-order valence-corrected chi connectivity index (χ0v) is 15.1. The van der Waals surface area contributed by atoms with Crippen LogP contribution in [0.2, 0.25) is 13.1 Å². The molecule has 0 aliphatic rings. The van der Waals surface area contributed by atoms with Crippen molar-refractivity contribution in [3.8, 4) is 0 Å². The van der Waals surface area contributed by atoms with E-state index in [9.17, 15) is 0 Å². The molecule has 0 saturated carbocycles. The van der Waals surface area contributed by atoms with Crippen LogP contribution in [0.5, 0.6) is 0 Å². The molecule has 0 aromatic heterocycles. The second-order valence-electron chi connectivity index (χ2n) is 6.56. The van der Waals surface area contributed by atoms with Crippen LogP contribution in [-0.2, 0) is 8.85 Å². The molecule has 0 fully saturated rings. The molecule has 3 heteroatoms. The minimum Gasteiger partial charge on any atom is -0.395 e. The van der Waals surface area contributed by atoms with Crippen LogP contribution in [0.25, 0.3) is 0 Å². The molecule has 0 radical (unpaired) electrons. The van der Waals surface area contributed by atoms with E-state index in [0.717, 1.165) is 18.9 Å². The highest BCUT2D eigenvalue weighted by atomic mass is 28.4. The van der Waals surface area contributed by atoms with Crippen molar-refractivity contribution in [1.82, 2.24) is 0 Å². The highest BCUT2D eigenvalue weighted by Gasteiger charge is 2.26. The molecule has 0 aromatic rings. The van der Waals surface area contributed by atoms with Gasteiger partial charge in [0.1, 0.15) is 0 Å². The van der Waals surface area contributed by atoms with Gasteiger partial charge in [0.25, 0.3) is 0 Å². The first kappa shape index (κ1) is 19.1. The summed E-state index contributed by atoms with van der Waals surface area (Å²) in [7, 11) is -1.91. The predicted molar refractivity (Wildman–Crippen MR) is 86.8 cm³/mol. The fourth-order valence-electron chi connectivity index (χ4n) is 2.25. The van der Waals surface area contributed by atoms with Crippen LogP contribution in [0.1, 0.15) is 72.6 Å². The van der Waals surface area contributed by atoms with E-state index in [0.29, 0.717) is 6.10 Å². The van der Waals surface area contributed by atoms with E-state index in [1.807, 2.05) is 0 Å². The Morgan fingerprint density at radius 3 is 2.16 bits per heavy atom. The van der Waals surface area contributed by atoms with Crippen LogP contribution in [0.3, 0.4) is 0 Å². The molecule has 1 unspecified atom stereocenters. The lowest BCUT2D eigenvalue weighted by Crippen LogP contribution is -2.38. The van der Waals surface area contributed by atoms with E-state index in [4.69, 9.17) is 8.85 Å². The lowest BCUT2D eigenvalue weighted by Gasteiger charge is -2.27. The molecule has 0 bridgehead atoms. The Hall–Kier alpha value is 0.137. The molecule has 0 amide bonds. The Morgan fingerprint density at radius 1 is 0.895 bits per heavy atom. The lowest BCUT2D eigenvalue weighted by molar-refractivity contribution is 0.121. The quantitative estimate of drug-likeness (QED) is 0.348. The molecule has 1 atom stereocenters. The Kier molecular flexibility index (Phi) is 10.9. The van der Waals surface area contributed by atoms with Gasteiger partial charge in [-0.15, -0.1) is 0 Å². The zero-order chi connectivity index (χ0) is 14.7. The topological polar surface area (TPSA) is 18.5 Å². The van der Waals surface area contributed by atoms with Crippen molar-refractivity contribution >= 4 is 8.56 Å². The first-order chi connectivity index (χ1) is 8.87. The maximum atomic E-state index is 6.14. The molecule has 0 aromatic carbocycles. The van der Waals surface area contributed by atoms with Gasteiger partial charge >= 0.3 is 8.56 Å². The van der Waals surface area contributed by atoms with Gasteiger partial charge in [-0.05, 0) is 45.2 Å². The van der Waals surface area contributed by atoms with Crippen molar-refractivity contribution in [2.45, 2.75) is 91.8 Å². The third-order valence-corrected chi connectivity index (χ3v) is 5.19. The lowest BCUT2D eigenvalue weighted by atomic mass is 10.1. The smallest absolute Gasteiger partial charge is 0.331 e. The van der Waals surface area contributed by atoms with Crippen LogP contribution < -0.4 is 0 Å². The maximum absolute atomic E-state index is 6.14. The normalized spacial score (nSPS) is 14.1. The number of hydrogen-bond acceptors (Lipinski definition) is 2. The Bertz CT molecular complexity index is 205. The molecule has 0 rings (SSSR count). The predicted octanol–water partition coefficient (Wildman–Crippen LogP) is 5.52. The SMILES string of the molecule is CCCCCCC(C)O[Si](C)(C)OCCCC(C)C. The van der Waals surface area contributed by atoms with E-state index in [1.165, 1.54) is 38.5 Å². The summed E-state index contributed by atoms with van der Waals surface area (Å²) in [5.41, 5.74) is 0. The zero-order valence-electron chi connectivity index (χ0n) is 14.1. The minimum atomic E-state index is -1.91. The van der Waals surface area contributed by atoms with Crippen LogP contribution in [0.15, 0.2) is 0 Å². The first-order valence-corrected chi connectivity index (χ1v) is 11.0. The highest BCUT2D eigenvalue weighted by Crippen LogP contribution is 2.16. The van der Waals surface area contributed by atoms with Crippen LogP contribution in [0.4, 0.5) is 0 Å². The molecule has 0 heterocycles. The maximum Gasteiger partial charge on any atom is 0.331 e. The van der Waals surface area contributed by atoms with Gasteiger partial charge in [-0.3, -0.25) is 0 Å². The number of rotatable bonds is 12. The van der Waals surface area contributed by atoms with Crippen molar-refractivity contribution in [1.29, 1.82) is 0 Å². The van der Waals surface area contributed by atoms with Gasteiger partial charge in [-0.1, -0.05) is 46.5 Å². The second kappa shape index (κ2) is 10.9. The third-order valence-electron chi connectivity index (χ3n) is 3.32. The molecule has 0 N–H and O–H groups in total. The van der Waals surface area contributed by atoms with Crippen molar-refractivity contribution in [2.24, 2.45) is 5.92 Å². The van der Waals surface area contributed by atoms with Crippen LogP contribution in [0, 0.1) is 5.92 Å². The third kappa shape index (κ3) is 12.9. The molecule has 2 nitrogen and oxygen atoms in total. The van der Waals surface area contributed by atoms with E-state index in [-0.39, 0.29) is 0 Å². The standard InChI is InChI=1S/C16H36O2Si/c1-7-8-9-10-13-16(4)18-19(5,6)17-14-11-12-15(2)3/h15-16H,7-14H2,1-6H3. The van der Waals surface area contributed by atoms with Gasteiger partial charge in [-0.2, -0.15) is 0 Å². The summed E-state index contributed by atoms with van der Waals surface area (Å²) in [4.78, 5) is 0. The monoisotopic (exact) mass is 288 g/mol. The van der Waals surface area contributed by atoms with E-state index < -0.39 is 8.56 Å². The van der Waals surface area contributed by atoms with Crippen molar-refractivity contribution in [2.75, 3.05) is 6.61 Å². The Morgan fingerprint density at radius 2 is 1.58 bits per heavy atom. The highest BCUT2D eigenvalue weighted by molar-refractivity contribution is 6.64. The molecule has 0 spiro atoms.